The molecule has 0 aliphatic heterocycles. The van der Waals surface area contributed by atoms with Gasteiger partial charge in [-0.15, -0.1) is 0 Å². The molecule has 0 aliphatic rings. The van der Waals surface area contributed by atoms with Gasteiger partial charge in [-0.05, 0) is 29.8 Å². The van der Waals surface area contributed by atoms with Crippen molar-refractivity contribution >= 4 is 11.6 Å². The van der Waals surface area contributed by atoms with Gasteiger partial charge in [-0.25, -0.2) is 0 Å². The summed E-state index contributed by atoms with van der Waals surface area (Å²) in [5.74, 6) is 0.283. The molecular formula is C15H15NO3. The Balaban J connectivity index is 2.20. The van der Waals surface area contributed by atoms with E-state index >= 15 is 0 Å². The third kappa shape index (κ3) is 3.11. The molecule has 0 aliphatic carbocycles. The Morgan fingerprint density at radius 2 is 2.00 bits per heavy atom. The predicted molar refractivity (Wildman–Crippen MR) is 73.3 cm³/mol. The maximum atomic E-state index is 12.1. The Morgan fingerprint density at radius 1 is 1.21 bits per heavy atom. The molecule has 0 atom stereocenters. The number of carbonyl (C=O) groups excluding carboxylic acids is 1. The zero-order valence-electron chi connectivity index (χ0n) is 10.6. The zero-order chi connectivity index (χ0) is 13.7. The number of aliphatic hydroxyl groups excluding tert-OH is 1. The number of benzene rings is 2. The van der Waals surface area contributed by atoms with Crippen LogP contribution in [0.5, 0.6) is 5.75 Å². The number of nitrogens with one attached hydrogen (secondary N) is 1. The Kier molecular flexibility index (Phi) is 4.15. The van der Waals surface area contributed by atoms with Crippen molar-refractivity contribution in [3.05, 3.63) is 59.7 Å². The van der Waals surface area contributed by atoms with Crippen LogP contribution in [0.4, 0.5) is 5.69 Å². The van der Waals surface area contributed by atoms with Gasteiger partial charge in [-0.3, -0.25) is 4.79 Å². The molecule has 0 bridgehead atoms. The average molecular weight is 257 g/mol. The van der Waals surface area contributed by atoms with Crippen LogP contribution in [0.1, 0.15) is 15.9 Å². The van der Waals surface area contributed by atoms with Gasteiger partial charge < -0.3 is 15.2 Å². The Labute approximate surface area is 111 Å². The second-order valence-corrected chi connectivity index (χ2v) is 4.01. The van der Waals surface area contributed by atoms with Crippen LogP contribution >= 0.6 is 0 Å². The van der Waals surface area contributed by atoms with Gasteiger partial charge in [0.1, 0.15) is 5.75 Å². The van der Waals surface area contributed by atoms with E-state index in [0.29, 0.717) is 17.0 Å². The van der Waals surface area contributed by atoms with Crippen LogP contribution in [0, 0.1) is 0 Å². The molecule has 0 saturated heterocycles. The first kappa shape index (κ1) is 13.1. The number of anilines is 1. The maximum Gasteiger partial charge on any atom is 0.259 e. The van der Waals surface area contributed by atoms with Crippen molar-refractivity contribution in [1.82, 2.24) is 0 Å². The number of hydrogen-bond acceptors (Lipinski definition) is 3. The summed E-state index contributed by atoms with van der Waals surface area (Å²) in [6, 6.07) is 14.1. The first-order valence-corrected chi connectivity index (χ1v) is 5.88. The van der Waals surface area contributed by atoms with Crippen LogP contribution in [0.15, 0.2) is 48.5 Å². The fourth-order valence-electron chi connectivity index (χ4n) is 1.78. The second kappa shape index (κ2) is 6.02. The van der Waals surface area contributed by atoms with E-state index in [9.17, 15) is 4.79 Å². The number of hydrogen-bond donors (Lipinski definition) is 2. The van der Waals surface area contributed by atoms with Gasteiger partial charge in [0, 0.05) is 5.69 Å². The van der Waals surface area contributed by atoms with E-state index in [0.717, 1.165) is 5.56 Å². The van der Waals surface area contributed by atoms with Crippen molar-refractivity contribution in [3.63, 3.8) is 0 Å². The number of para-hydroxylation sites is 1. The fourth-order valence-corrected chi connectivity index (χ4v) is 1.78. The number of methoxy groups -OCH3 is 1. The van der Waals surface area contributed by atoms with Crippen molar-refractivity contribution in [1.29, 1.82) is 0 Å². The molecule has 0 spiro atoms. The lowest BCUT2D eigenvalue weighted by Gasteiger charge is -2.09. The molecule has 4 nitrogen and oxygen atoms in total. The summed E-state index contributed by atoms with van der Waals surface area (Å²) < 4.78 is 5.15. The molecule has 2 rings (SSSR count). The fraction of sp³-hybridized carbons (Fsp3) is 0.133. The summed E-state index contributed by atoms with van der Waals surface area (Å²) in [5, 5.41) is 11.8. The molecule has 0 unspecified atom stereocenters. The number of rotatable bonds is 4. The first-order valence-electron chi connectivity index (χ1n) is 5.88. The highest BCUT2D eigenvalue weighted by molar-refractivity contribution is 6.06. The van der Waals surface area contributed by atoms with E-state index in [1.807, 2.05) is 6.07 Å². The van der Waals surface area contributed by atoms with Gasteiger partial charge in [0.25, 0.3) is 5.91 Å². The Hall–Kier alpha value is -2.33. The van der Waals surface area contributed by atoms with E-state index in [-0.39, 0.29) is 12.5 Å². The lowest BCUT2D eigenvalue weighted by Crippen LogP contribution is -2.13. The maximum absolute atomic E-state index is 12.1. The molecule has 0 saturated carbocycles. The van der Waals surface area contributed by atoms with Crippen LogP contribution in [0.3, 0.4) is 0 Å². The van der Waals surface area contributed by atoms with Crippen molar-refractivity contribution in [2.75, 3.05) is 12.4 Å². The SMILES string of the molecule is COc1ccccc1C(=O)Nc1cccc(CO)c1. The van der Waals surface area contributed by atoms with Gasteiger partial charge in [0.15, 0.2) is 0 Å². The number of aliphatic hydroxyl groups is 1. The van der Waals surface area contributed by atoms with Crippen molar-refractivity contribution in [2.24, 2.45) is 0 Å². The summed E-state index contributed by atoms with van der Waals surface area (Å²) >= 11 is 0. The average Bonchev–Trinajstić information content (AvgIpc) is 2.47. The highest BCUT2D eigenvalue weighted by Gasteiger charge is 2.11. The van der Waals surface area contributed by atoms with Gasteiger partial charge in [0.05, 0.1) is 19.3 Å². The molecule has 1 amide bonds. The lowest BCUT2D eigenvalue weighted by atomic mass is 10.1. The van der Waals surface area contributed by atoms with Crippen molar-refractivity contribution in [3.8, 4) is 5.75 Å². The van der Waals surface area contributed by atoms with E-state index in [1.54, 1.807) is 42.5 Å². The number of carbonyl (C=O) groups is 1. The van der Waals surface area contributed by atoms with Crippen LogP contribution in [0.25, 0.3) is 0 Å². The van der Waals surface area contributed by atoms with E-state index < -0.39 is 0 Å². The summed E-state index contributed by atoms with van der Waals surface area (Å²) in [6.45, 7) is -0.0572. The summed E-state index contributed by atoms with van der Waals surface area (Å²) in [5.41, 5.74) is 1.86. The minimum Gasteiger partial charge on any atom is -0.496 e. The topological polar surface area (TPSA) is 58.6 Å². The molecule has 0 aromatic heterocycles. The molecule has 4 heteroatoms. The van der Waals surface area contributed by atoms with Crippen LogP contribution < -0.4 is 10.1 Å². The highest BCUT2D eigenvalue weighted by atomic mass is 16.5. The summed E-state index contributed by atoms with van der Waals surface area (Å²) in [6.07, 6.45) is 0. The molecule has 2 aromatic rings. The highest BCUT2D eigenvalue weighted by Crippen LogP contribution is 2.19. The van der Waals surface area contributed by atoms with E-state index in [1.165, 1.54) is 7.11 Å². The van der Waals surface area contributed by atoms with Crippen LogP contribution in [-0.2, 0) is 6.61 Å². The predicted octanol–water partition coefficient (Wildman–Crippen LogP) is 2.44. The van der Waals surface area contributed by atoms with E-state index in [2.05, 4.69) is 5.32 Å². The first-order chi connectivity index (χ1) is 9.24. The summed E-state index contributed by atoms with van der Waals surface area (Å²) in [7, 11) is 1.53. The Morgan fingerprint density at radius 3 is 2.74 bits per heavy atom. The largest absolute Gasteiger partial charge is 0.496 e. The smallest absolute Gasteiger partial charge is 0.259 e. The molecule has 98 valence electrons. The molecule has 0 fully saturated rings. The molecule has 2 aromatic carbocycles. The van der Waals surface area contributed by atoms with Crippen molar-refractivity contribution in [2.45, 2.75) is 6.61 Å². The monoisotopic (exact) mass is 257 g/mol. The van der Waals surface area contributed by atoms with Crippen LogP contribution in [-0.4, -0.2) is 18.1 Å². The molecule has 0 heterocycles. The number of amides is 1. The minimum absolute atomic E-state index is 0.0572. The van der Waals surface area contributed by atoms with Crippen molar-refractivity contribution < 1.29 is 14.6 Å². The third-order valence-corrected chi connectivity index (χ3v) is 2.72. The Bertz CT molecular complexity index is 581. The number of ether oxygens (including phenoxy) is 1. The summed E-state index contributed by atoms with van der Waals surface area (Å²) in [4.78, 5) is 12.1. The van der Waals surface area contributed by atoms with E-state index in [4.69, 9.17) is 9.84 Å². The molecule has 0 radical (unpaired) electrons. The quantitative estimate of drug-likeness (QED) is 0.884. The molecular weight excluding hydrogens is 242 g/mol. The van der Waals surface area contributed by atoms with Gasteiger partial charge in [-0.2, -0.15) is 0 Å². The van der Waals surface area contributed by atoms with Gasteiger partial charge in [-0.1, -0.05) is 24.3 Å². The van der Waals surface area contributed by atoms with Crippen LogP contribution in [0.2, 0.25) is 0 Å². The second-order valence-electron chi connectivity index (χ2n) is 4.01. The lowest BCUT2D eigenvalue weighted by molar-refractivity contribution is 0.102. The normalized spacial score (nSPS) is 10.0. The molecule has 19 heavy (non-hydrogen) atoms. The molecule has 2 N–H and O–H groups in total. The zero-order valence-corrected chi connectivity index (χ0v) is 10.6. The van der Waals surface area contributed by atoms with Gasteiger partial charge in [0.2, 0.25) is 0 Å². The van der Waals surface area contributed by atoms with Gasteiger partial charge >= 0.3 is 0 Å². The minimum atomic E-state index is -0.243. The third-order valence-electron chi connectivity index (χ3n) is 2.72. The standard InChI is InChI=1S/C15H15NO3/c1-19-14-8-3-2-7-13(14)15(18)16-12-6-4-5-11(9-12)10-17/h2-9,17H,10H2,1H3,(H,16,18).